The highest BCUT2D eigenvalue weighted by Crippen LogP contribution is 2.11. The summed E-state index contributed by atoms with van der Waals surface area (Å²) in [4.78, 5) is 0. The van der Waals surface area contributed by atoms with Gasteiger partial charge in [-0.15, -0.1) is 0 Å². The van der Waals surface area contributed by atoms with Gasteiger partial charge in [0, 0.05) is 17.9 Å². The van der Waals surface area contributed by atoms with Gasteiger partial charge in [0.1, 0.15) is 0 Å². The van der Waals surface area contributed by atoms with Crippen LogP contribution >= 0.6 is 0 Å². The van der Waals surface area contributed by atoms with E-state index in [9.17, 15) is 0 Å². The van der Waals surface area contributed by atoms with Crippen LogP contribution in [0.1, 0.15) is 25.6 Å². The van der Waals surface area contributed by atoms with Crippen molar-refractivity contribution in [1.29, 1.82) is 0 Å². The van der Waals surface area contributed by atoms with E-state index in [-0.39, 0.29) is 0 Å². The monoisotopic (exact) mass is 151 g/mol. The molecule has 0 amide bonds. The van der Waals surface area contributed by atoms with Crippen LogP contribution in [0.3, 0.4) is 0 Å². The van der Waals surface area contributed by atoms with E-state index in [0.29, 0.717) is 11.7 Å². The molecule has 1 heterocycles. The molecule has 0 fully saturated rings. The molecule has 0 aliphatic heterocycles. The van der Waals surface area contributed by atoms with Gasteiger partial charge in [-0.3, -0.25) is 4.68 Å². The predicted octanol–water partition coefficient (Wildman–Crippen LogP) is 1.39. The summed E-state index contributed by atoms with van der Waals surface area (Å²) < 4.78 is 1.85. The SMILES string of the molecule is C=C(N)c1ccnn1C(C)C. The fraction of sp³-hybridized carbons (Fsp3) is 0.375. The van der Waals surface area contributed by atoms with E-state index in [1.54, 1.807) is 6.20 Å². The zero-order chi connectivity index (χ0) is 8.43. The maximum absolute atomic E-state index is 5.54. The molecule has 0 spiro atoms. The third-order valence-electron chi connectivity index (χ3n) is 1.49. The summed E-state index contributed by atoms with van der Waals surface area (Å²) >= 11 is 0. The lowest BCUT2D eigenvalue weighted by molar-refractivity contribution is 0.526. The van der Waals surface area contributed by atoms with E-state index in [1.165, 1.54) is 0 Å². The Morgan fingerprint density at radius 2 is 2.36 bits per heavy atom. The number of hydrogen-bond acceptors (Lipinski definition) is 2. The highest BCUT2D eigenvalue weighted by atomic mass is 15.3. The summed E-state index contributed by atoms with van der Waals surface area (Å²) in [5.74, 6) is 0. The Kier molecular flexibility index (Phi) is 1.98. The van der Waals surface area contributed by atoms with Gasteiger partial charge in [0.2, 0.25) is 0 Å². The minimum atomic E-state index is 0.334. The molecular weight excluding hydrogens is 138 g/mol. The Hall–Kier alpha value is -1.25. The topological polar surface area (TPSA) is 43.8 Å². The number of rotatable bonds is 2. The molecule has 3 heteroatoms. The van der Waals surface area contributed by atoms with Crippen LogP contribution in [0.4, 0.5) is 0 Å². The zero-order valence-electron chi connectivity index (χ0n) is 6.91. The first-order valence-corrected chi connectivity index (χ1v) is 3.61. The summed E-state index contributed by atoms with van der Waals surface area (Å²) in [6.07, 6.45) is 1.73. The molecule has 11 heavy (non-hydrogen) atoms. The van der Waals surface area contributed by atoms with E-state index in [0.717, 1.165) is 5.69 Å². The van der Waals surface area contributed by atoms with Crippen molar-refractivity contribution in [2.45, 2.75) is 19.9 Å². The van der Waals surface area contributed by atoms with Crippen LogP contribution in [-0.2, 0) is 0 Å². The smallest absolute Gasteiger partial charge is 0.0836 e. The average molecular weight is 151 g/mol. The fourth-order valence-electron chi connectivity index (χ4n) is 0.980. The number of hydrogen-bond donors (Lipinski definition) is 1. The quantitative estimate of drug-likeness (QED) is 0.694. The summed E-state index contributed by atoms with van der Waals surface area (Å²) in [6.45, 7) is 7.77. The van der Waals surface area contributed by atoms with Crippen LogP contribution in [0.5, 0.6) is 0 Å². The molecule has 1 rings (SSSR count). The van der Waals surface area contributed by atoms with Crippen molar-refractivity contribution in [3.05, 3.63) is 24.5 Å². The van der Waals surface area contributed by atoms with E-state index >= 15 is 0 Å². The Bertz CT molecular complexity index is 260. The molecule has 0 aromatic carbocycles. The third-order valence-corrected chi connectivity index (χ3v) is 1.49. The molecular formula is C8H13N3. The van der Waals surface area contributed by atoms with Crippen LogP contribution in [-0.4, -0.2) is 9.78 Å². The lowest BCUT2D eigenvalue weighted by atomic mass is 10.3. The van der Waals surface area contributed by atoms with E-state index in [1.807, 2.05) is 10.7 Å². The van der Waals surface area contributed by atoms with Gasteiger partial charge >= 0.3 is 0 Å². The van der Waals surface area contributed by atoms with Gasteiger partial charge in [-0.1, -0.05) is 6.58 Å². The van der Waals surface area contributed by atoms with Crippen molar-refractivity contribution in [3.8, 4) is 0 Å². The molecule has 0 atom stereocenters. The second kappa shape index (κ2) is 2.78. The van der Waals surface area contributed by atoms with Gasteiger partial charge in [0.15, 0.2) is 0 Å². The average Bonchev–Trinajstić information content (AvgIpc) is 2.32. The van der Waals surface area contributed by atoms with Crippen LogP contribution in [0.25, 0.3) is 5.70 Å². The first kappa shape index (κ1) is 7.85. The number of aromatic nitrogens is 2. The highest BCUT2D eigenvalue weighted by Gasteiger charge is 2.05. The molecule has 0 aliphatic carbocycles. The van der Waals surface area contributed by atoms with Crippen molar-refractivity contribution in [2.75, 3.05) is 0 Å². The molecule has 0 aliphatic rings. The summed E-state index contributed by atoms with van der Waals surface area (Å²) in [6, 6.07) is 2.20. The van der Waals surface area contributed by atoms with E-state index in [4.69, 9.17) is 5.73 Å². The minimum absolute atomic E-state index is 0.334. The molecule has 0 unspecified atom stereocenters. The summed E-state index contributed by atoms with van der Waals surface area (Å²) in [7, 11) is 0. The fourth-order valence-corrected chi connectivity index (χ4v) is 0.980. The largest absolute Gasteiger partial charge is 0.397 e. The van der Waals surface area contributed by atoms with Crippen molar-refractivity contribution in [1.82, 2.24) is 9.78 Å². The molecule has 3 nitrogen and oxygen atoms in total. The maximum Gasteiger partial charge on any atom is 0.0836 e. The van der Waals surface area contributed by atoms with Crippen LogP contribution in [0.2, 0.25) is 0 Å². The second-order valence-electron chi connectivity index (χ2n) is 2.78. The van der Waals surface area contributed by atoms with Gasteiger partial charge in [0.25, 0.3) is 0 Å². The van der Waals surface area contributed by atoms with Crippen LogP contribution in [0.15, 0.2) is 18.8 Å². The third kappa shape index (κ3) is 1.42. The van der Waals surface area contributed by atoms with E-state index in [2.05, 4.69) is 25.5 Å². The normalized spacial score (nSPS) is 10.5. The summed E-state index contributed by atoms with van der Waals surface area (Å²) in [5, 5.41) is 4.11. The first-order chi connectivity index (χ1) is 5.13. The molecule has 0 radical (unpaired) electrons. The highest BCUT2D eigenvalue weighted by molar-refractivity contribution is 5.56. The standard InChI is InChI=1S/C8H13N3/c1-6(2)11-8(7(3)9)4-5-10-11/h4-6H,3,9H2,1-2H3. The molecule has 60 valence electrons. The maximum atomic E-state index is 5.54. The lowest BCUT2D eigenvalue weighted by Gasteiger charge is -2.09. The van der Waals surface area contributed by atoms with Crippen molar-refractivity contribution < 1.29 is 0 Å². The molecule has 0 bridgehead atoms. The minimum Gasteiger partial charge on any atom is -0.397 e. The second-order valence-corrected chi connectivity index (χ2v) is 2.78. The van der Waals surface area contributed by atoms with Gasteiger partial charge in [0.05, 0.1) is 5.69 Å². The Morgan fingerprint density at radius 1 is 1.73 bits per heavy atom. The Morgan fingerprint density at radius 3 is 2.73 bits per heavy atom. The van der Waals surface area contributed by atoms with Crippen molar-refractivity contribution in [2.24, 2.45) is 5.73 Å². The number of nitrogens with zero attached hydrogens (tertiary/aromatic N) is 2. The summed E-state index contributed by atoms with van der Waals surface area (Å²) in [5.41, 5.74) is 7.01. The predicted molar refractivity (Wildman–Crippen MR) is 45.8 cm³/mol. The van der Waals surface area contributed by atoms with Crippen molar-refractivity contribution in [3.63, 3.8) is 0 Å². The number of nitrogens with two attached hydrogens (primary N) is 1. The van der Waals surface area contributed by atoms with Gasteiger partial charge in [-0.2, -0.15) is 5.10 Å². The van der Waals surface area contributed by atoms with Gasteiger partial charge in [-0.25, -0.2) is 0 Å². The molecule has 2 N–H and O–H groups in total. The van der Waals surface area contributed by atoms with Crippen molar-refractivity contribution >= 4 is 5.70 Å². The van der Waals surface area contributed by atoms with Crippen LogP contribution < -0.4 is 5.73 Å². The van der Waals surface area contributed by atoms with Gasteiger partial charge < -0.3 is 5.73 Å². The Balaban J connectivity index is 3.06. The first-order valence-electron chi connectivity index (χ1n) is 3.61. The Labute approximate surface area is 66.5 Å². The van der Waals surface area contributed by atoms with Crippen LogP contribution in [0, 0.1) is 0 Å². The molecule has 0 saturated carbocycles. The van der Waals surface area contributed by atoms with Gasteiger partial charge in [-0.05, 0) is 19.9 Å². The molecule has 1 aromatic rings. The molecule has 1 aromatic heterocycles. The lowest BCUT2D eigenvalue weighted by Crippen LogP contribution is -2.09. The zero-order valence-corrected chi connectivity index (χ0v) is 6.91. The van der Waals surface area contributed by atoms with E-state index < -0.39 is 0 Å². The molecule has 0 saturated heterocycles.